The number of aromatic nitrogens is 3. The minimum absolute atomic E-state index is 0.00492. The van der Waals surface area contributed by atoms with Crippen molar-refractivity contribution in [2.75, 3.05) is 44.4 Å². The van der Waals surface area contributed by atoms with E-state index in [9.17, 15) is 13.6 Å². The fourth-order valence-electron chi connectivity index (χ4n) is 4.40. The Labute approximate surface area is 217 Å². The maximum Gasteiger partial charge on any atom is 0.255 e. The summed E-state index contributed by atoms with van der Waals surface area (Å²) in [5, 5.41) is 3.75. The first-order valence-corrected chi connectivity index (χ1v) is 12.8. The monoisotopic (exact) mass is 523 g/mol. The molecular formula is C26H27F2N7OS. The smallest absolute Gasteiger partial charge is 0.255 e. The third kappa shape index (κ3) is 5.37. The van der Waals surface area contributed by atoms with Crippen molar-refractivity contribution >= 4 is 50.0 Å². The summed E-state index contributed by atoms with van der Waals surface area (Å²) in [6, 6.07) is 11.0. The highest BCUT2D eigenvalue weighted by atomic mass is 32.1. The van der Waals surface area contributed by atoms with E-state index in [-0.39, 0.29) is 11.6 Å². The van der Waals surface area contributed by atoms with Gasteiger partial charge in [0.2, 0.25) is 0 Å². The van der Waals surface area contributed by atoms with Gasteiger partial charge in [-0.3, -0.25) is 4.79 Å². The molecule has 8 nitrogen and oxygen atoms in total. The number of hydrogen-bond acceptors (Lipinski definition) is 8. The number of nitrogens with one attached hydrogen (secondary N) is 1. The van der Waals surface area contributed by atoms with E-state index < -0.39 is 11.6 Å². The maximum atomic E-state index is 14.2. The second-order valence-electron chi connectivity index (χ2n) is 9.21. The molecule has 0 spiro atoms. The molecule has 11 heteroatoms. The van der Waals surface area contributed by atoms with E-state index >= 15 is 0 Å². The molecule has 1 aliphatic rings. The second-order valence-corrected chi connectivity index (χ2v) is 10.2. The van der Waals surface area contributed by atoms with Crippen molar-refractivity contribution in [2.24, 2.45) is 0 Å². The molecule has 192 valence electrons. The highest BCUT2D eigenvalue weighted by Crippen LogP contribution is 2.31. The van der Waals surface area contributed by atoms with E-state index in [0.717, 1.165) is 32.0 Å². The number of likely N-dealkylation sites (tertiary alicyclic amines) is 1. The second kappa shape index (κ2) is 10.3. The van der Waals surface area contributed by atoms with E-state index in [1.807, 2.05) is 4.90 Å². The molecular weight excluding hydrogens is 496 g/mol. The Morgan fingerprint density at radius 3 is 2.51 bits per heavy atom. The van der Waals surface area contributed by atoms with Gasteiger partial charge in [-0.2, -0.15) is 0 Å². The van der Waals surface area contributed by atoms with Crippen LogP contribution in [0.1, 0.15) is 23.2 Å². The predicted molar refractivity (Wildman–Crippen MR) is 142 cm³/mol. The summed E-state index contributed by atoms with van der Waals surface area (Å²) in [6.45, 7) is 1.48. The number of piperidine rings is 1. The van der Waals surface area contributed by atoms with Crippen LogP contribution in [0.25, 0.3) is 10.3 Å². The number of thiazole rings is 1. The Bertz CT molecular complexity index is 1420. The van der Waals surface area contributed by atoms with Crippen molar-refractivity contribution in [1.29, 1.82) is 0 Å². The largest absolute Gasteiger partial charge is 0.338 e. The van der Waals surface area contributed by atoms with Crippen molar-refractivity contribution in [3.8, 4) is 0 Å². The average molecular weight is 524 g/mol. The van der Waals surface area contributed by atoms with Gasteiger partial charge in [0.15, 0.2) is 5.13 Å². The zero-order valence-electron chi connectivity index (χ0n) is 20.8. The maximum absolute atomic E-state index is 14.2. The molecule has 1 aliphatic heterocycles. The molecule has 0 unspecified atom stereocenters. The number of hydrogen-bond donors (Lipinski definition) is 1. The van der Waals surface area contributed by atoms with E-state index in [1.54, 1.807) is 42.4 Å². The summed E-state index contributed by atoms with van der Waals surface area (Å²) < 4.78 is 27.5. The molecule has 0 radical (unpaired) electrons. The molecule has 37 heavy (non-hydrogen) atoms. The van der Waals surface area contributed by atoms with Gasteiger partial charge in [0.05, 0.1) is 11.3 Å². The Kier molecular flexibility index (Phi) is 6.98. The number of amides is 1. The number of rotatable bonds is 6. The molecule has 4 heterocycles. The standard InChI is InChI=1S/C26H27F2N7OS/c1-33(2)18-10-12-35(13-11-18)25(36)16-4-8-22(29-15-16)31-26-30-20-6-9-23(32-24(20)37-26)34(3)21-7-5-17(27)14-19(21)28/h4-9,14-15,18H,10-13H2,1-3H3,(H,29,30,31). The van der Waals surface area contributed by atoms with Gasteiger partial charge in [-0.05, 0) is 63.3 Å². The lowest BCUT2D eigenvalue weighted by Gasteiger charge is -2.35. The number of anilines is 4. The normalized spacial score (nSPS) is 14.4. The highest BCUT2D eigenvalue weighted by Gasteiger charge is 2.24. The fraction of sp³-hybridized carbons (Fsp3) is 0.308. The quantitative estimate of drug-likeness (QED) is 0.379. The molecule has 1 fully saturated rings. The molecule has 1 N–H and O–H groups in total. The Morgan fingerprint density at radius 1 is 1.05 bits per heavy atom. The van der Waals surface area contributed by atoms with Gasteiger partial charge in [0, 0.05) is 38.4 Å². The van der Waals surface area contributed by atoms with Crippen LogP contribution in [-0.4, -0.2) is 70.9 Å². The number of pyridine rings is 2. The third-order valence-corrected chi connectivity index (χ3v) is 7.46. The summed E-state index contributed by atoms with van der Waals surface area (Å²) in [5.74, 6) is -0.236. The lowest BCUT2D eigenvalue weighted by atomic mass is 10.0. The summed E-state index contributed by atoms with van der Waals surface area (Å²) >= 11 is 1.33. The molecule has 0 bridgehead atoms. The van der Waals surface area contributed by atoms with Crippen molar-refractivity contribution in [2.45, 2.75) is 18.9 Å². The molecule has 1 aromatic carbocycles. The molecule has 0 aliphatic carbocycles. The number of benzene rings is 1. The molecule has 0 atom stereocenters. The number of carbonyl (C=O) groups excluding carboxylic acids is 1. The van der Waals surface area contributed by atoms with E-state index in [1.165, 1.54) is 23.5 Å². The number of nitrogens with zero attached hydrogens (tertiary/aromatic N) is 6. The Morgan fingerprint density at radius 2 is 1.84 bits per heavy atom. The molecule has 5 rings (SSSR count). The average Bonchev–Trinajstić information content (AvgIpc) is 3.30. The Hall–Kier alpha value is -3.70. The number of halogens is 2. The zero-order chi connectivity index (χ0) is 26.1. The lowest BCUT2D eigenvalue weighted by molar-refractivity contribution is 0.0663. The molecule has 4 aromatic rings. The van der Waals surface area contributed by atoms with Crippen LogP contribution in [0.5, 0.6) is 0 Å². The van der Waals surface area contributed by atoms with Crippen LogP contribution < -0.4 is 10.2 Å². The highest BCUT2D eigenvalue weighted by molar-refractivity contribution is 7.21. The van der Waals surface area contributed by atoms with Crippen LogP contribution in [0.3, 0.4) is 0 Å². The summed E-state index contributed by atoms with van der Waals surface area (Å²) in [6.07, 6.45) is 3.51. The van der Waals surface area contributed by atoms with E-state index in [0.29, 0.717) is 38.7 Å². The topological polar surface area (TPSA) is 77.5 Å². The molecule has 0 saturated carbocycles. The van der Waals surface area contributed by atoms with Crippen molar-refractivity contribution in [3.63, 3.8) is 0 Å². The zero-order valence-corrected chi connectivity index (χ0v) is 21.6. The fourth-order valence-corrected chi connectivity index (χ4v) is 5.24. The minimum Gasteiger partial charge on any atom is -0.338 e. The van der Waals surface area contributed by atoms with Gasteiger partial charge in [-0.15, -0.1) is 0 Å². The SMILES string of the molecule is CN(c1ccc2nc(Nc3ccc(C(=O)N4CCC(N(C)C)CC4)cn3)sc2n1)c1ccc(F)cc1F. The van der Waals surface area contributed by atoms with Crippen LogP contribution in [-0.2, 0) is 0 Å². The van der Waals surface area contributed by atoms with Gasteiger partial charge in [-0.1, -0.05) is 11.3 Å². The molecule has 3 aromatic heterocycles. The Balaban J connectivity index is 1.26. The minimum atomic E-state index is -0.665. The first-order valence-electron chi connectivity index (χ1n) is 11.9. The van der Waals surface area contributed by atoms with Gasteiger partial charge in [-0.25, -0.2) is 23.7 Å². The lowest BCUT2D eigenvalue weighted by Crippen LogP contribution is -2.44. The van der Waals surface area contributed by atoms with Crippen molar-refractivity contribution in [1.82, 2.24) is 24.8 Å². The van der Waals surface area contributed by atoms with E-state index in [2.05, 4.69) is 39.3 Å². The van der Waals surface area contributed by atoms with Gasteiger partial charge < -0.3 is 20.0 Å². The van der Waals surface area contributed by atoms with Crippen LogP contribution in [0.4, 0.5) is 31.2 Å². The van der Waals surface area contributed by atoms with E-state index in [4.69, 9.17) is 0 Å². The summed E-state index contributed by atoms with van der Waals surface area (Å²) in [5.41, 5.74) is 1.45. The van der Waals surface area contributed by atoms with Crippen molar-refractivity contribution < 1.29 is 13.6 Å². The van der Waals surface area contributed by atoms with Gasteiger partial charge in [0.25, 0.3) is 5.91 Å². The van der Waals surface area contributed by atoms with Gasteiger partial charge >= 0.3 is 0 Å². The summed E-state index contributed by atoms with van der Waals surface area (Å²) in [7, 11) is 5.82. The molecule has 1 saturated heterocycles. The molecule has 1 amide bonds. The van der Waals surface area contributed by atoms with Crippen LogP contribution in [0.15, 0.2) is 48.7 Å². The van der Waals surface area contributed by atoms with Gasteiger partial charge in [0.1, 0.15) is 33.6 Å². The first kappa shape index (κ1) is 25.0. The summed E-state index contributed by atoms with van der Waals surface area (Å²) in [4.78, 5) is 32.7. The first-order chi connectivity index (χ1) is 17.8. The predicted octanol–water partition coefficient (Wildman–Crippen LogP) is 5.04. The van der Waals surface area contributed by atoms with Crippen LogP contribution in [0, 0.1) is 11.6 Å². The third-order valence-electron chi connectivity index (χ3n) is 6.58. The number of carbonyl (C=O) groups is 1. The number of fused-ring (bicyclic) bond motifs is 1. The van der Waals surface area contributed by atoms with Crippen LogP contribution >= 0.6 is 11.3 Å². The van der Waals surface area contributed by atoms with Crippen molar-refractivity contribution in [3.05, 3.63) is 65.9 Å². The van der Waals surface area contributed by atoms with Crippen LogP contribution in [0.2, 0.25) is 0 Å².